The molecule has 0 bridgehead atoms. The van der Waals surface area contributed by atoms with Crippen LogP contribution >= 0.6 is 11.3 Å². The molecular formula is C13H14N2O2S. The highest BCUT2D eigenvalue weighted by Gasteiger charge is 2.11. The third-order valence-electron chi connectivity index (χ3n) is 2.16. The summed E-state index contributed by atoms with van der Waals surface area (Å²) in [4.78, 5) is 15.9. The van der Waals surface area contributed by atoms with Crippen LogP contribution in [0.3, 0.4) is 0 Å². The second-order valence-electron chi connectivity index (χ2n) is 3.99. The Labute approximate surface area is 110 Å². The van der Waals surface area contributed by atoms with Crippen molar-refractivity contribution in [3.05, 3.63) is 40.8 Å². The molecule has 94 valence electrons. The van der Waals surface area contributed by atoms with Gasteiger partial charge in [-0.1, -0.05) is 12.1 Å². The van der Waals surface area contributed by atoms with Gasteiger partial charge in [0.2, 0.25) is 0 Å². The van der Waals surface area contributed by atoms with Crippen LogP contribution in [0.25, 0.3) is 0 Å². The maximum Gasteiger partial charge on any atom is 0.275 e. The number of nitrogens with one attached hydrogen (secondary N) is 1. The third kappa shape index (κ3) is 3.07. The Hall–Kier alpha value is -1.88. The zero-order valence-electron chi connectivity index (χ0n) is 10.2. The first-order chi connectivity index (χ1) is 8.66. The fourth-order valence-corrected chi connectivity index (χ4v) is 1.97. The second-order valence-corrected chi connectivity index (χ2v) is 4.71. The first-order valence-electron chi connectivity index (χ1n) is 5.62. The average Bonchev–Trinajstić information content (AvgIpc) is 2.84. The van der Waals surface area contributed by atoms with E-state index in [0.29, 0.717) is 17.1 Å². The molecule has 2 rings (SSSR count). The lowest BCUT2D eigenvalue weighted by Crippen LogP contribution is -2.14. The van der Waals surface area contributed by atoms with Crippen LogP contribution in [0, 0.1) is 0 Å². The fourth-order valence-electron chi connectivity index (χ4n) is 1.44. The third-order valence-corrected chi connectivity index (χ3v) is 2.75. The van der Waals surface area contributed by atoms with E-state index in [1.165, 1.54) is 11.3 Å². The molecule has 1 heterocycles. The number of hydrogen-bond acceptors (Lipinski definition) is 4. The standard InChI is InChI=1S/C13H14N2O2S/c1-9(2)17-12-6-4-3-5-10(12)15-13(16)11-7-18-8-14-11/h3-9H,1-2H3,(H,15,16). The number of ether oxygens (including phenoxy) is 1. The van der Waals surface area contributed by atoms with Crippen molar-refractivity contribution in [2.45, 2.75) is 20.0 Å². The monoisotopic (exact) mass is 262 g/mol. The molecule has 0 spiro atoms. The zero-order valence-corrected chi connectivity index (χ0v) is 11.0. The van der Waals surface area contributed by atoms with Crippen molar-refractivity contribution in [3.8, 4) is 5.75 Å². The van der Waals surface area contributed by atoms with Crippen molar-refractivity contribution in [1.29, 1.82) is 0 Å². The van der Waals surface area contributed by atoms with Crippen LogP contribution in [0.1, 0.15) is 24.3 Å². The van der Waals surface area contributed by atoms with Gasteiger partial charge in [-0.2, -0.15) is 0 Å². The van der Waals surface area contributed by atoms with E-state index < -0.39 is 0 Å². The molecule has 0 saturated carbocycles. The van der Waals surface area contributed by atoms with E-state index in [2.05, 4.69) is 10.3 Å². The van der Waals surface area contributed by atoms with Crippen LogP contribution in [0.4, 0.5) is 5.69 Å². The number of rotatable bonds is 4. The van der Waals surface area contributed by atoms with Gasteiger partial charge in [-0.25, -0.2) is 4.98 Å². The van der Waals surface area contributed by atoms with E-state index in [1.54, 1.807) is 10.9 Å². The molecule has 0 atom stereocenters. The number of nitrogens with zero attached hydrogens (tertiary/aromatic N) is 1. The lowest BCUT2D eigenvalue weighted by molar-refractivity contribution is 0.102. The lowest BCUT2D eigenvalue weighted by atomic mass is 10.2. The van der Waals surface area contributed by atoms with Crippen molar-refractivity contribution in [1.82, 2.24) is 4.98 Å². The SMILES string of the molecule is CC(C)Oc1ccccc1NC(=O)c1cscn1. The highest BCUT2D eigenvalue weighted by molar-refractivity contribution is 7.07. The number of carbonyl (C=O) groups excluding carboxylic acids is 1. The molecule has 0 aliphatic rings. The van der Waals surface area contributed by atoms with Gasteiger partial charge in [0.05, 0.1) is 17.3 Å². The van der Waals surface area contributed by atoms with Crippen LogP contribution in [0.2, 0.25) is 0 Å². The van der Waals surface area contributed by atoms with Crippen LogP contribution < -0.4 is 10.1 Å². The molecule has 0 aliphatic heterocycles. The van der Waals surface area contributed by atoms with E-state index >= 15 is 0 Å². The van der Waals surface area contributed by atoms with Crippen LogP contribution in [-0.4, -0.2) is 17.0 Å². The number of anilines is 1. The molecule has 0 radical (unpaired) electrons. The van der Waals surface area contributed by atoms with Gasteiger partial charge in [0, 0.05) is 5.38 Å². The molecule has 4 nitrogen and oxygen atoms in total. The van der Waals surface area contributed by atoms with Crippen molar-refractivity contribution in [2.75, 3.05) is 5.32 Å². The first-order valence-corrected chi connectivity index (χ1v) is 6.56. The molecule has 1 N–H and O–H groups in total. The predicted octanol–water partition coefficient (Wildman–Crippen LogP) is 3.18. The first kappa shape index (κ1) is 12.6. The number of carbonyl (C=O) groups is 1. The molecule has 0 fully saturated rings. The molecule has 2 aromatic rings. The summed E-state index contributed by atoms with van der Waals surface area (Å²) < 4.78 is 5.63. The molecule has 18 heavy (non-hydrogen) atoms. The Morgan fingerprint density at radius 1 is 1.39 bits per heavy atom. The molecule has 5 heteroatoms. The molecule has 0 aliphatic carbocycles. The number of benzene rings is 1. The molecule has 1 aromatic carbocycles. The highest BCUT2D eigenvalue weighted by Crippen LogP contribution is 2.25. The quantitative estimate of drug-likeness (QED) is 0.920. The molecule has 1 amide bonds. The van der Waals surface area contributed by atoms with Crippen molar-refractivity contribution in [3.63, 3.8) is 0 Å². The molecule has 0 unspecified atom stereocenters. The van der Waals surface area contributed by atoms with Gasteiger partial charge < -0.3 is 10.1 Å². The molecule has 0 saturated heterocycles. The minimum atomic E-state index is -0.226. The summed E-state index contributed by atoms with van der Waals surface area (Å²) in [7, 11) is 0. The number of thiazole rings is 1. The van der Waals surface area contributed by atoms with E-state index in [4.69, 9.17) is 4.74 Å². The summed E-state index contributed by atoms with van der Waals surface area (Å²) in [5, 5.41) is 4.51. The van der Waals surface area contributed by atoms with Gasteiger partial charge in [0.1, 0.15) is 11.4 Å². The van der Waals surface area contributed by atoms with Gasteiger partial charge in [0.25, 0.3) is 5.91 Å². The minimum absolute atomic E-state index is 0.0577. The number of hydrogen-bond donors (Lipinski definition) is 1. The van der Waals surface area contributed by atoms with Crippen molar-refractivity contribution in [2.24, 2.45) is 0 Å². The summed E-state index contributed by atoms with van der Waals surface area (Å²) >= 11 is 1.39. The summed E-state index contributed by atoms with van der Waals surface area (Å²) in [6.07, 6.45) is 0.0577. The lowest BCUT2D eigenvalue weighted by Gasteiger charge is -2.14. The predicted molar refractivity (Wildman–Crippen MR) is 72.3 cm³/mol. The Bertz CT molecular complexity index is 524. The largest absolute Gasteiger partial charge is 0.489 e. The Morgan fingerprint density at radius 2 is 2.17 bits per heavy atom. The van der Waals surface area contributed by atoms with Crippen LogP contribution in [0.15, 0.2) is 35.2 Å². The number of aromatic nitrogens is 1. The van der Waals surface area contributed by atoms with E-state index in [9.17, 15) is 4.79 Å². The normalized spacial score (nSPS) is 10.4. The summed E-state index contributed by atoms with van der Waals surface area (Å²) in [6.45, 7) is 3.89. The van der Waals surface area contributed by atoms with Crippen molar-refractivity contribution >= 4 is 22.9 Å². The Morgan fingerprint density at radius 3 is 2.83 bits per heavy atom. The van der Waals surface area contributed by atoms with Gasteiger partial charge in [-0.15, -0.1) is 11.3 Å². The second kappa shape index (κ2) is 5.64. The smallest absolute Gasteiger partial charge is 0.275 e. The van der Waals surface area contributed by atoms with Crippen LogP contribution in [-0.2, 0) is 0 Å². The van der Waals surface area contributed by atoms with Gasteiger partial charge in [-0.3, -0.25) is 4.79 Å². The summed E-state index contributed by atoms with van der Waals surface area (Å²) in [5.41, 5.74) is 2.70. The molecule has 1 aromatic heterocycles. The van der Waals surface area contributed by atoms with E-state index in [0.717, 1.165) is 0 Å². The van der Waals surface area contributed by atoms with Gasteiger partial charge in [-0.05, 0) is 26.0 Å². The summed E-state index contributed by atoms with van der Waals surface area (Å²) in [6, 6.07) is 7.36. The van der Waals surface area contributed by atoms with E-state index in [-0.39, 0.29) is 12.0 Å². The maximum atomic E-state index is 11.9. The Kier molecular flexibility index (Phi) is 3.94. The summed E-state index contributed by atoms with van der Waals surface area (Å²) in [5.74, 6) is 0.437. The highest BCUT2D eigenvalue weighted by atomic mass is 32.1. The maximum absolute atomic E-state index is 11.9. The molecular weight excluding hydrogens is 248 g/mol. The van der Waals surface area contributed by atoms with Crippen molar-refractivity contribution < 1.29 is 9.53 Å². The topological polar surface area (TPSA) is 51.2 Å². The van der Waals surface area contributed by atoms with Crippen LogP contribution in [0.5, 0.6) is 5.75 Å². The zero-order chi connectivity index (χ0) is 13.0. The Balaban J connectivity index is 2.16. The number of amides is 1. The minimum Gasteiger partial charge on any atom is -0.489 e. The van der Waals surface area contributed by atoms with Gasteiger partial charge in [0.15, 0.2) is 0 Å². The van der Waals surface area contributed by atoms with E-state index in [1.807, 2.05) is 38.1 Å². The fraction of sp³-hybridized carbons (Fsp3) is 0.231. The van der Waals surface area contributed by atoms with Gasteiger partial charge >= 0.3 is 0 Å². The number of para-hydroxylation sites is 2. The average molecular weight is 262 g/mol.